The number of fused-ring (bicyclic) bond motifs is 2. The van der Waals surface area contributed by atoms with Gasteiger partial charge in [0.1, 0.15) is 11.5 Å². The van der Waals surface area contributed by atoms with Crippen LogP contribution in [-0.4, -0.2) is 75.4 Å². The third kappa shape index (κ3) is 16.4. The van der Waals surface area contributed by atoms with Crippen LogP contribution in [0.2, 0.25) is 0 Å². The highest BCUT2D eigenvalue weighted by atomic mass is 35.5. The van der Waals surface area contributed by atoms with E-state index in [2.05, 4.69) is 0 Å². The summed E-state index contributed by atoms with van der Waals surface area (Å²) in [4.78, 5) is 21.6. The molecule has 4 aromatic rings. The molecule has 0 aromatic heterocycles. The average molecular weight is 661 g/mol. The van der Waals surface area contributed by atoms with E-state index in [0.29, 0.717) is 18.8 Å². The maximum Gasteiger partial charge on any atom is 0.335 e. The minimum Gasteiger partial charge on any atom is -0.508 e. The lowest BCUT2D eigenvalue weighted by molar-refractivity contribution is 0.0686. The van der Waals surface area contributed by atoms with Gasteiger partial charge in [-0.25, -0.2) is 9.59 Å². The van der Waals surface area contributed by atoms with Crippen molar-refractivity contribution in [2.45, 2.75) is 58.8 Å². The number of aliphatic hydroxyl groups is 3. The van der Waals surface area contributed by atoms with E-state index in [1.807, 2.05) is 18.2 Å². The number of hydrogen-bond donors (Lipinski definition) is 6. The summed E-state index contributed by atoms with van der Waals surface area (Å²) in [5.41, 5.74) is 0.545. The summed E-state index contributed by atoms with van der Waals surface area (Å²) in [5.74, 6) is -0.126. The molecule has 0 aliphatic carbocycles. The Morgan fingerprint density at radius 1 is 0.609 bits per heavy atom. The fraction of sp³-hybridized carbons (Fsp3) is 0.389. The van der Waals surface area contributed by atoms with Gasteiger partial charge in [-0.05, 0) is 102 Å². The van der Waals surface area contributed by atoms with Gasteiger partial charge in [0.2, 0.25) is 0 Å². The first-order valence-corrected chi connectivity index (χ1v) is 15.4. The van der Waals surface area contributed by atoms with E-state index in [9.17, 15) is 14.7 Å². The molecule has 6 N–H and O–H groups in total. The summed E-state index contributed by atoms with van der Waals surface area (Å²) < 4.78 is 5.69. The number of rotatable bonds is 14. The second-order valence-electron chi connectivity index (χ2n) is 9.89. The number of benzene rings is 4. The van der Waals surface area contributed by atoms with Crippen molar-refractivity contribution in [2.75, 3.05) is 32.8 Å². The molecule has 4 aromatic carbocycles. The standard InChI is InChI=1S/C17H20O4.C11H8O3.C6H13ClO.CH4O.CH4/c18-9-3-1-2-4-10-21-16-8-7-13-11-15(17(19)20)6-5-14(13)12-16;12-10-4-3-7-5-9(11(13)14)2-1-8(7)6-10;7-5-3-1-2-4-6-8;1-2;/h5-8,11-12,18H,1-4,9-10H2,(H,19,20);1-6,12H,(H,13,14);8H,1-6H2;2H,1H3;1H4. The summed E-state index contributed by atoms with van der Waals surface area (Å²) in [7, 11) is 1.00. The lowest BCUT2D eigenvalue weighted by Gasteiger charge is -2.07. The highest BCUT2D eigenvalue weighted by Crippen LogP contribution is 2.23. The maximum atomic E-state index is 10.9. The molecule has 0 bridgehead atoms. The van der Waals surface area contributed by atoms with Gasteiger partial charge in [0.15, 0.2) is 0 Å². The zero-order chi connectivity index (χ0) is 33.5. The van der Waals surface area contributed by atoms with Gasteiger partial charge >= 0.3 is 11.9 Å². The van der Waals surface area contributed by atoms with Crippen LogP contribution in [0.25, 0.3) is 21.5 Å². The van der Waals surface area contributed by atoms with Crippen LogP contribution in [0, 0.1) is 0 Å². The van der Waals surface area contributed by atoms with Crippen LogP contribution in [0.4, 0.5) is 0 Å². The van der Waals surface area contributed by atoms with Crippen molar-refractivity contribution in [3.05, 3.63) is 83.9 Å². The monoisotopic (exact) mass is 660 g/mol. The molecule has 0 aliphatic rings. The maximum absolute atomic E-state index is 10.9. The van der Waals surface area contributed by atoms with Crippen molar-refractivity contribution in [3.63, 3.8) is 0 Å². The van der Waals surface area contributed by atoms with Gasteiger partial charge in [-0.3, -0.25) is 0 Å². The molecule has 46 heavy (non-hydrogen) atoms. The van der Waals surface area contributed by atoms with Gasteiger partial charge in [0, 0.05) is 26.2 Å². The number of phenols is 1. The minimum atomic E-state index is -0.944. The Bertz CT molecular complexity index is 1420. The summed E-state index contributed by atoms with van der Waals surface area (Å²) in [6.07, 6.45) is 8.18. The number of alkyl halides is 1. The number of carboxylic acid groups (broad SMARTS) is 2. The highest BCUT2D eigenvalue weighted by molar-refractivity contribution is 6.17. The lowest BCUT2D eigenvalue weighted by Crippen LogP contribution is -1.98. The third-order valence-electron chi connectivity index (χ3n) is 6.49. The molecule has 10 heteroatoms. The fourth-order valence-electron chi connectivity index (χ4n) is 4.13. The van der Waals surface area contributed by atoms with E-state index in [0.717, 1.165) is 91.7 Å². The zero-order valence-electron chi connectivity index (χ0n) is 25.7. The molecule has 0 aliphatic heterocycles. The Morgan fingerprint density at radius 2 is 1.04 bits per heavy atom. The topological polar surface area (TPSA) is 165 Å². The van der Waals surface area contributed by atoms with Crippen molar-refractivity contribution < 1.29 is 45.0 Å². The van der Waals surface area contributed by atoms with E-state index in [1.54, 1.807) is 42.5 Å². The number of aromatic hydroxyl groups is 1. The molecule has 0 spiro atoms. The smallest absolute Gasteiger partial charge is 0.335 e. The Morgan fingerprint density at radius 3 is 1.54 bits per heavy atom. The van der Waals surface area contributed by atoms with Gasteiger partial charge < -0.3 is 35.4 Å². The Balaban J connectivity index is 0.000000700. The average Bonchev–Trinajstić information content (AvgIpc) is 3.05. The number of hydrogen-bond acceptors (Lipinski definition) is 7. The van der Waals surface area contributed by atoms with Gasteiger partial charge in [0.05, 0.1) is 17.7 Å². The van der Waals surface area contributed by atoms with Crippen LogP contribution in [0.3, 0.4) is 0 Å². The SMILES string of the molecule is C.CO.O=C(O)c1ccc2cc(O)ccc2c1.O=C(O)c1ccc2cc(OCCCCCCO)ccc2c1.OCCCCCCCl. The number of aliphatic hydroxyl groups excluding tert-OH is 3. The summed E-state index contributed by atoms with van der Waals surface area (Å²) in [6.45, 7) is 1.23. The minimum absolute atomic E-state index is 0. The van der Waals surface area contributed by atoms with Crippen LogP contribution < -0.4 is 4.74 Å². The summed E-state index contributed by atoms with van der Waals surface area (Å²) in [6, 6.07) is 20.3. The molecule has 0 radical (unpaired) electrons. The van der Waals surface area contributed by atoms with Crippen LogP contribution in [-0.2, 0) is 0 Å². The van der Waals surface area contributed by atoms with Crippen LogP contribution >= 0.6 is 11.6 Å². The predicted octanol–water partition coefficient (Wildman–Crippen LogP) is 7.74. The molecule has 4 rings (SSSR count). The first-order chi connectivity index (χ1) is 21.8. The number of ether oxygens (including phenoxy) is 1. The molecule has 0 amide bonds. The van der Waals surface area contributed by atoms with E-state index in [-0.39, 0.29) is 25.3 Å². The van der Waals surface area contributed by atoms with E-state index >= 15 is 0 Å². The Kier molecular flexibility index (Phi) is 23.2. The number of carboxylic acids is 2. The van der Waals surface area contributed by atoms with Gasteiger partial charge in [-0.2, -0.15) is 0 Å². The van der Waals surface area contributed by atoms with Crippen LogP contribution in [0.15, 0.2) is 72.8 Å². The van der Waals surface area contributed by atoms with E-state index in [4.69, 9.17) is 41.9 Å². The van der Waals surface area contributed by atoms with E-state index in [1.165, 1.54) is 12.1 Å². The van der Waals surface area contributed by atoms with Crippen LogP contribution in [0.1, 0.15) is 79.5 Å². The number of aromatic carboxylic acids is 2. The molecule has 254 valence electrons. The normalized spacial score (nSPS) is 9.85. The second kappa shape index (κ2) is 25.3. The van der Waals surface area contributed by atoms with Crippen molar-refractivity contribution in [1.29, 1.82) is 0 Å². The summed E-state index contributed by atoms with van der Waals surface area (Å²) >= 11 is 5.42. The molecule has 0 fully saturated rings. The second-order valence-corrected chi connectivity index (χ2v) is 10.3. The molecule has 0 heterocycles. The van der Waals surface area contributed by atoms with E-state index < -0.39 is 11.9 Å². The highest BCUT2D eigenvalue weighted by Gasteiger charge is 2.05. The van der Waals surface area contributed by atoms with Crippen LogP contribution in [0.5, 0.6) is 11.5 Å². The fourth-order valence-corrected chi connectivity index (χ4v) is 4.32. The van der Waals surface area contributed by atoms with Gasteiger partial charge in [-0.1, -0.05) is 51.0 Å². The third-order valence-corrected chi connectivity index (χ3v) is 6.76. The molecular weight excluding hydrogens is 612 g/mol. The Hall–Kier alpha value is -3.89. The van der Waals surface area contributed by atoms with Crippen molar-refractivity contribution in [2.24, 2.45) is 0 Å². The predicted molar refractivity (Wildman–Crippen MR) is 186 cm³/mol. The number of unbranched alkanes of at least 4 members (excludes halogenated alkanes) is 6. The zero-order valence-corrected chi connectivity index (χ0v) is 26.5. The Labute approximate surface area is 276 Å². The lowest BCUT2D eigenvalue weighted by atomic mass is 10.1. The number of phenolic OH excluding ortho intramolecular Hbond substituents is 1. The van der Waals surface area contributed by atoms with Crippen molar-refractivity contribution in [1.82, 2.24) is 0 Å². The molecule has 0 saturated heterocycles. The van der Waals surface area contributed by atoms with Crippen molar-refractivity contribution in [3.8, 4) is 11.5 Å². The largest absolute Gasteiger partial charge is 0.508 e. The number of carbonyl (C=O) groups is 2. The molecular formula is C36H49ClO9. The first-order valence-electron chi connectivity index (χ1n) is 14.9. The quantitative estimate of drug-likeness (QED) is 0.0586. The molecule has 0 atom stereocenters. The molecule has 0 unspecified atom stereocenters. The number of halogens is 1. The summed E-state index contributed by atoms with van der Waals surface area (Å²) in [5, 5.41) is 54.4. The molecule has 9 nitrogen and oxygen atoms in total. The van der Waals surface area contributed by atoms with Crippen molar-refractivity contribution >= 4 is 45.1 Å². The first kappa shape index (κ1) is 42.1. The van der Waals surface area contributed by atoms with Gasteiger partial charge in [-0.15, -0.1) is 11.6 Å². The molecule has 0 saturated carbocycles. The van der Waals surface area contributed by atoms with Gasteiger partial charge in [0.25, 0.3) is 0 Å².